The van der Waals surface area contributed by atoms with Crippen LogP contribution in [0.3, 0.4) is 0 Å². The van der Waals surface area contributed by atoms with Crippen LogP contribution in [0.15, 0.2) is 41.3 Å². The Bertz CT molecular complexity index is 953. The number of carbonyl (C=O) groups excluding carboxylic acids is 2. The maximum absolute atomic E-state index is 12.7. The molecule has 8 heteroatoms. The summed E-state index contributed by atoms with van der Waals surface area (Å²) < 4.78 is 6.54. The molecule has 1 fully saturated rings. The molecule has 1 aliphatic rings. The summed E-state index contributed by atoms with van der Waals surface area (Å²) in [7, 11) is 2.98. The van der Waals surface area contributed by atoms with Gasteiger partial charge in [-0.1, -0.05) is 12.1 Å². The van der Waals surface area contributed by atoms with Crippen molar-refractivity contribution in [1.29, 1.82) is 0 Å². The molecule has 0 spiro atoms. The van der Waals surface area contributed by atoms with Crippen LogP contribution in [-0.2, 0) is 6.54 Å². The summed E-state index contributed by atoms with van der Waals surface area (Å²) in [6.45, 7) is 0.202. The van der Waals surface area contributed by atoms with Gasteiger partial charge in [-0.15, -0.1) is 0 Å². The Labute approximate surface area is 162 Å². The van der Waals surface area contributed by atoms with Crippen molar-refractivity contribution in [3.05, 3.63) is 63.6 Å². The second-order valence-electron chi connectivity index (χ2n) is 6.76. The quantitative estimate of drug-likeness (QED) is 0.638. The SMILES string of the molecule is CNC(=O)c1cc(C(=O)NC2CC2CO)cn(Cc2cccc(OC)c2)c1=O. The molecule has 1 aliphatic carbocycles. The summed E-state index contributed by atoms with van der Waals surface area (Å²) in [5.41, 5.74) is 0.417. The number of rotatable bonds is 7. The van der Waals surface area contributed by atoms with Gasteiger partial charge in [-0.2, -0.15) is 0 Å². The first kappa shape index (κ1) is 19.6. The maximum atomic E-state index is 12.7. The van der Waals surface area contributed by atoms with Gasteiger partial charge in [-0.25, -0.2) is 0 Å². The van der Waals surface area contributed by atoms with Crippen LogP contribution in [0.5, 0.6) is 5.75 Å². The highest BCUT2D eigenvalue weighted by Crippen LogP contribution is 2.29. The number of nitrogens with zero attached hydrogens (tertiary/aromatic N) is 1. The number of hydrogen-bond acceptors (Lipinski definition) is 5. The minimum atomic E-state index is -0.557. The predicted octanol–water partition coefficient (Wildman–Crippen LogP) is 0.375. The zero-order valence-electron chi connectivity index (χ0n) is 15.8. The van der Waals surface area contributed by atoms with Crippen molar-refractivity contribution < 1.29 is 19.4 Å². The van der Waals surface area contributed by atoms with E-state index in [1.807, 2.05) is 6.07 Å². The molecule has 0 bridgehead atoms. The van der Waals surface area contributed by atoms with E-state index in [1.54, 1.807) is 25.3 Å². The topological polar surface area (TPSA) is 110 Å². The van der Waals surface area contributed by atoms with Gasteiger partial charge in [0.2, 0.25) is 0 Å². The highest BCUT2D eigenvalue weighted by Gasteiger charge is 2.37. The van der Waals surface area contributed by atoms with E-state index < -0.39 is 11.5 Å². The lowest BCUT2D eigenvalue weighted by Crippen LogP contribution is -2.34. The lowest BCUT2D eigenvalue weighted by atomic mass is 10.1. The second kappa shape index (κ2) is 8.26. The first-order valence-electron chi connectivity index (χ1n) is 8.98. The number of carbonyl (C=O) groups is 2. The van der Waals surface area contributed by atoms with E-state index in [4.69, 9.17) is 9.84 Å². The van der Waals surface area contributed by atoms with Gasteiger partial charge < -0.3 is 25.0 Å². The average molecular weight is 385 g/mol. The molecule has 2 amide bonds. The van der Waals surface area contributed by atoms with Crippen LogP contribution in [0.1, 0.15) is 32.7 Å². The molecular formula is C20H23N3O5. The number of amides is 2. The highest BCUT2D eigenvalue weighted by atomic mass is 16.5. The number of methoxy groups -OCH3 is 1. The van der Waals surface area contributed by atoms with E-state index in [9.17, 15) is 14.4 Å². The maximum Gasteiger partial charge on any atom is 0.263 e. The Morgan fingerprint density at radius 2 is 2.07 bits per heavy atom. The lowest BCUT2D eigenvalue weighted by molar-refractivity contribution is 0.0946. The molecule has 8 nitrogen and oxygen atoms in total. The number of aromatic nitrogens is 1. The van der Waals surface area contributed by atoms with E-state index in [1.165, 1.54) is 23.9 Å². The van der Waals surface area contributed by atoms with Crippen LogP contribution in [0, 0.1) is 5.92 Å². The molecule has 2 unspecified atom stereocenters. The predicted molar refractivity (Wildman–Crippen MR) is 103 cm³/mol. The molecule has 3 N–H and O–H groups in total. The van der Waals surface area contributed by atoms with Crippen molar-refractivity contribution in [2.75, 3.05) is 20.8 Å². The smallest absolute Gasteiger partial charge is 0.263 e. The molecule has 2 atom stereocenters. The summed E-state index contributed by atoms with van der Waals surface area (Å²) in [6.07, 6.45) is 2.16. The zero-order valence-corrected chi connectivity index (χ0v) is 15.8. The van der Waals surface area contributed by atoms with E-state index in [0.717, 1.165) is 5.56 Å². The molecule has 148 valence electrons. The summed E-state index contributed by atoms with van der Waals surface area (Å²) in [4.78, 5) is 37.5. The van der Waals surface area contributed by atoms with Crippen LogP contribution < -0.4 is 20.9 Å². The second-order valence-corrected chi connectivity index (χ2v) is 6.76. The molecule has 1 aromatic heterocycles. The lowest BCUT2D eigenvalue weighted by Gasteiger charge is -2.12. The van der Waals surface area contributed by atoms with Crippen molar-refractivity contribution in [3.8, 4) is 5.75 Å². The number of nitrogens with one attached hydrogen (secondary N) is 2. The molecule has 1 heterocycles. The van der Waals surface area contributed by atoms with Gasteiger partial charge in [-0.05, 0) is 30.2 Å². The van der Waals surface area contributed by atoms with Gasteiger partial charge in [0.05, 0.1) is 19.2 Å². The molecule has 28 heavy (non-hydrogen) atoms. The van der Waals surface area contributed by atoms with E-state index >= 15 is 0 Å². The number of benzene rings is 1. The van der Waals surface area contributed by atoms with Crippen molar-refractivity contribution in [1.82, 2.24) is 15.2 Å². The monoisotopic (exact) mass is 385 g/mol. The van der Waals surface area contributed by atoms with Gasteiger partial charge in [0.15, 0.2) is 0 Å². The Morgan fingerprint density at radius 1 is 1.29 bits per heavy atom. The normalized spacial score (nSPS) is 17.7. The summed E-state index contributed by atoms with van der Waals surface area (Å²) in [6, 6.07) is 8.43. The minimum absolute atomic E-state index is 0.0176. The minimum Gasteiger partial charge on any atom is -0.497 e. The van der Waals surface area contributed by atoms with Gasteiger partial charge in [0.1, 0.15) is 11.3 Å². The first-order valence-corrected chi connectivity index (χ1v) is 8.98. The Hall–Kier alpha value is -3.13. The first-order chi connectivity index (χ1) is 13.5. The molecular weight excluding hydrogens is 362 g/mol. The fraction of sp³-hybridized carbons (Fsp3) is 0.350. The van der Waals surface area contributed by atoms with Crippen molar-refractivity contribution in [2.24, 2.45) is 5.92 Å². The highest BCUT2D eigenvalue weighted by molar-refractivity contribution is 5.99. The number of pyridine rings is 1. The van der Waals surface area contributed by atoms with Gasteiger partial charge >= 0.3 is 0 Å². The summed E-state index contributed by atoms with van der Waals surface area (Å²) in [5.74, 6) is -0.232. The van der Waals surface area contributed by atoms with Gasteiger partial charge in [0.25, 0.3) is 17.4 Å². The molecule has 3 rings (SSSR count). The molecule has 2 aromatic rings. The Morgan fingerprint density at radius 3 is 2.71 bits per heavy atom. The molecule has 0 aliphatic heterocycles. The van der Waals surface area contributed by atoms with Crippen LogP contribution in [0.4, 0.5) is 0 Å². The fourth-order valence-corrected chi connectivity index (χ4v) is 3.02. The Kier molecular flexibility index (Phi) is 5.79. The zero-order chi connectivity index (χ0) is 20.3. The van der Waals surface area contributed by atoms with Crippen molar-refractivity contribution >= 4 is 11.8 Å². The van der Waals surface area contributed by atoms with Crippen LogP contribution >= 0.6 is 0 Å². The third-order valence-corrected chi connectivity index (χ3v) is 4.78. The summed E-state index contributed by atoms with van der Waals surface area (Å²) >= 11 is 0. The van der Waals surface area contributed by atoms with E-state index in [-0.39, 0.29) is 42.1 Å². The number of hydrogen-bond donors (Lipinski definition) is 3. The molecule has 0 radical (unpaired) electrons. The van der Waals surface area contributed by atoms with Crippen molar-refractivity contribution in [2.45, 2.75) is 19.0 Å². The third-order valence-electron chi connectivity index (χ3n) is 4.78. The van der Waals surface area contributed by atoms with Crippen molar-refractivity contribution in [3.63, 3.8) is 0 Å². The van der Waals surface area contributed by atoms with E-state index in [0.29, 0.717) is 12.2 Å². The van der Waals surface area contributed by atoms with Crippen LogP contribution in [0.25, 0.3) is 0 Å². The van der Waals surface area contributed by atoms with Gasteiger partial charge in [-0.3, -0.25) is 14.4 Å². The molecule has 1 saturated carbocycles. The van der Waals surface area contributed by atoms with E-state index in [2.05, 4.69) is 10.6 Å². The molecule has 0 saturated heterocycles. The number of aliphatic hydroxyl groups is 1. The number of aliphatic hydroxyl groups excluding tert-OH is 1. The van der Waals surface area contributed by atoms with Crippen LogP contribution in [0.2, 0.25) is 0 Å². The average Bonchev–Trinajstić information content (AvgIpc) is 3.47. The van der Waals surface area contributed by atoms with Crippen LogP contribution in [-0.4, -0.2) is 48.3 Å². The van der Waals surface area contributed by atoms with Gasteiger partial charge in [0, 0.05) is 31.8 Å². The summed E-state index contributed by atoms with van der Waals surface area (Å²) in [5, 5.41) is 14.4. The Balaban J connectivity index is 1.94. The standard InChI is InChI=1S/C20H23N3O5/c1-21-19(26)16-7-13(18(25)22-17-8-14(17)11-24)10-23(20(16)27)9-12-4-3-5-15(6-12)28-2/h3-7,10,14,17,24H,8-9,11H2,1-2H3,(H,21,26)(H,22,25). The largest absolute Gasteiger partial charge is 0.497 e. The fourth-order valence-electron chi connectivity index (χ4n) is 3.02. The molecule has 1 aromatic carbocycles. The number of ether oxygens (including phenoxy) is 1. The third kappa shape index (κ3) is 4.23.